The number of nitrogens with zero attached hydrogens (tertiary/aromatic N) is 3. The molecule has 1 unspecified atom stereocenters. The molecule has 0 bridgehead atoms. The van der Waals surface area contributed by atoms with Gasteiger partial charge in [0.05, 0.1) is 28.6 Å². The van der Waals surface area contributed by atoms with Crippen LogP contribution in [0.1, 0.15) is 52.0 Å². The summed E-state index contributed by atoms with van der Waals surface area (Å²) in [6, 6.07) is 4.08. The van der Waals surface area contributed by atoms with Gasteiger partial charge in [-0.15, -0.1) is 0 Å². The van der Waals surface area contributed by atoms with Gasteiger partial charge in [-0.2, -0.15) is 11.8 Å². The van der Waals surface area contributed by atoms with Gasteiger partial charge >= 0.3 is 11.9 Å². The zero-order valence-corrected chi connectivity index (χ0v) is 24.0. The smallest absolute Gasteiger partial charge is 0.336 e. The molecule has 1 atom stereocenters. The number of nitro groups is 1. The molecule has 0 aliphatic carbocycles. The van der Waals surface area contributed by atoms with Crippen molar-refractivity contribution in [3.05, 3.63) is 61.4 Å². The number of carbonyl (C=O) groups excluding carboxylic acids is 2. The molecular formula is C27H36ClN3O6S. The molecule has 2 aliphatic rings. The Hall–Kier alpha value is -2.56. The highest BCUT2D eigenvalue weighted by Gasteiger charge is 2.43. The summed E-state index contributed by atoms with van der Waals surface area (Å²) in [5.41, 5.74) is 2.07. The lowest BCUT2D eigenvalue weighted by Gasteiger charge is -2.39. The Kier molecular flexibility index (Phi) is 11.1. The first-order valence-electron chi connectivity index (χ1n) is 13.1. The number of rotatable bonds is 11. The Morgan fingerprint density at radius 2 is 1.66 bits per heavy atom. The molecule has 0 aromatic heterocycles. The lowest BCUT2D eigenvalue weighted by Crippen LogP contribution is -2.38. The number of nitro benzene ring substituents is 1. The Labute approximate surface area is 233 Å². The fourth-order valence-corrected chi connectivity index (χ4v) is 6.31. The van der Waals surface area contributed by atoms with Crippen LogP contribution in [0.4, 0.5) is 5.69 Å². The monoisotopic (exact) mass is 565 g/mol. The van der Waals surface area contributed by atoms with Gasteiger partial charge in [-0.25, -0.2) is 9.59 Å². The minimum absolute atomic E-state index is 0.138. The van der Waals surface area contributed by atoms with Crippen molar-refractivity contribution >= 4 is 41.0 Å². The maximum absolute atomic E-state index is 13.8. The van der Waals surface area contributed by atoms with Crippen LogP contribution in [-0.4, -0.2) is 77.6 Å². The minimum atomic E-state index is -0.965. The van der Waals surface area contributed by atoms with Gasteiger partial charge in [0.1, 0.15) is 6.61 Å². The van der Waals surface area contributed by atoms with Crippen LogP contribution < -0.4 is 0 Å². The number of esters is 2. The van der Waals surface area contributed by atoms with E-state index in [0.717, 1.165) is 24.6 Å². The summed E-state index contributed by atoms with van der Waals surface area (Å²) in [5, 5.41) is 11.9. The largest absolute Gasteiger partial charge is 0.463 e. The summed E-state index contributed by atoms with van der Waals surface area (Å²) in [5.74, 6) is -0.0116. The van der Waals surface area contributed by atoms with Gasteiger partial charge in [-0.3, -0.25) is 15.0 Å². The summed E-state index contributed by atoms with van der Waals surface area (Å²) in [7, 11) is 0. The zero-order valence-electron chi connectivity index (χ0n) is 22.5. The van der Waals surface area contributed by atoms with Crippen molar-refractivity contribution in [2.24, 2.45) is 0 Å². The molecule has 3 rings (SSSR count). The summed E-state index contributed by atoms with van der Waals surface area (Å²) in [6.07, 6.45) is 0.980. The van der Waals surface area contributed by atoms with E-state index in [1.54, 1.807) is 6.92 Å². The lowest BCUT2D eigenvalue weighted by molar-refractivity contribution is -0.384. The van der Waals surface area contributed by atoms with Crippen molar-refractivity contribution in [2.75, 3.05) is 50.9 Å². The number of hydrogen-bond acceptors (Lipinski definition) is 9. The average Bonchev–Trinajstić information content (AvgIpc) is 2.92. The van der Waals surface area contributed by atoms with E-state index in [-0.39, 0.29) is 35.1 Å². The van der Waals surface area contributed by atoms with Crippen molar-refractivity contribution in [2.45, 2.75) is 46.5 Å². The molecule has 38 heavy (non-hydrogen) atoms. The lowest BCUT2D eigenvalue weighted by atomic mass is 9.78. The molecule has 11 heteroatoms. The van der Waals surface area contributed by atoms with E-state index in [9.17, 15) is 19.7 Å². The van der Waals surface area contributed by atoms with Crippen LogP contribution in [0.2, 0.25) is 5.02 Å². The molecule has 0 N–H and O–H groups in total. The minimum Gasteiger partial charge on any atom is -0.463 e. The van der Waals surface area contributed by atoms with Crippen LogP contribution in [0.3, 0.4) is 0 Å². The average molecular weight is 566 g/mol. The van der Waals surface area contributed by atoms with Crippen molar-refractivity contribution in [3.63, 3.8) is 0 Å². The number of thioether (sulfide) groups is 1. The number of benzene rings is 1. The molecule has 9 nitrogen and oxygen atoms in total. The van der Waals surface area contributed by atoms with Gasteiger partial charge < -0.3 is 14.4 Å². The number of ether oxygens (including phenoxy) is 2. The third-order valence-electron chi connectivity index (χ3n) is 6.80. The van der Waals surface area contributed by atoms with Crippen LogP contribution in [0.5, 0.6) is 0 Å². The molecular weight excluding hydrogens is 530 g/mol. The third kappa shape index (κ3) is 6.52. The maximum atomic E-state index is 13.8. The van der Waals surface area contributed by atoms with E-state index >= 15 is 0 Å². The molecule has 0 amide bonds. The molecule has 1 saturated heterocycles. The number of carbonyl (C=O) groups is 2. The van der Waals surface area contributed by atoms with Crippen LogP contribution in [0.25, 0.3) is 0 Å². The Bertz CT molecular complexity index is 1120. The first kappa shape index (κ1) is 30.0. The van der Waals surface area contributed by atoms with Gasteiger partial charge in [-0.1, -0.05) is 25.4 Å². The molecule has 2 heterocycles. The maximum Gasteiger partial charge on any atom is 0.336 e. The molecule has 1 fully saturated rings. The number of hydrogen-bond donors (Lipinski definition) is 0. The molecule has 0 saturated carbocycles. The van der Waals surface area contributed by atoms with Gasteiger partial charge in [0.25, 0.3) is 5.69 Å². The van der Waals surface area contributed by atoms with Gasteiger partial charge in [0.2, 0.25) is 0 Å². The topological polar surface area (TPSA) is 102 Å². The first-order chi connectivity index (χ1) is 18.3. The quantitative estimate of drug-likeness (QED) is 0.205. The van der Waals surface area contributed by atoms with E-state index in [1.165, 1.54) is 18.2 Å². The molecule has 208 valence electrons. The molecule has 0 spiro atoms. The van der Waals surface area contributed by atoms with E-state index < -0.39 is 22.8 Å². The zero-order chi connectivity index (χ0) is 27.8. The van der Waals surface area contributed by atoms with E-state index in [0.29, 0.717) is 42.9 Å². The second-order valence-electron chi connectivity index (χ2n) is 8.88. The fraction of sp³-hybridized carbons (Fsp3) is 0.556. The van der Waals surface area contributed by atoms with E-state index in [4.69, 9.17) is 21.1 Å². The Morgan fingerprint density at radius 1 is 1.05 bits per heavy atom. The third-order valence-corrected chi connectivity index (χ3v) is 8.08. The number of halogens is 1. The highest BCUT2D eigenvalue weighted by molar-refractivity contribution is 7.99. The van der Waals surface area contributed by atoms with Crippen molar-refractivity contribution in [3.8, 4) is 0 Å². The van der Waals surface area contributed by atoms with Crippen LogP contribution in [-0.2, 0) is 19.1 Å². The van der Waals surface area contributed by atoms with Crippen LogP contribution >= 0.6 is 23.4 Å². The van der Waals surface area contributed by atoms with Crippen molar-refractivity contribution < 1.29 is 24.0 Å². The summed E-state index contributed by atoms with van der Waals surface area (Å²) < 4.78 is 11.3. The molecule has 1 aromatic carbocycles. The first-order valence-corrected chi connectivity index (χ1v) is 14.6. The van der Waals surface area contributed by atoms with Gasteiger partial charge in [0, 0.05) is 66.2 Å². The van der Waals surface area contributed by atoms with Crippen LogP contribution in [0.15, 0.2) is 40.7 Å². The van der Waals surface area contributed by atoms with E-state index in [2.05, 4.69) is 4.90 Å². The van der Waals surface area contributed by atoms with Gasteiger partial charge in [-0.05, 0) is 38.3 Å². The van der Waals surface area contributed by atoms with Gasteiger partial charge in [0.15, 0.2) is 0 Å². The highest BCUT2D eigenvalue weighted by Crippen LogP contribution is 2.47. The number of non-ortho nitro benzene ring substituents is 1. The second-order valence-corrected chi connectivity index (χ2v) is 10.5. The van der Waals surface area contributed by atoms with Crippen molar-refractivity contribution in [1.82, 2.24) is 9.80 Å². The Balaban J connectivity index is 2.15. The predicted molar refractivity (Wildman–Crippen MR) is 149 cm³/mol. The number of allylic oxidation sites excluding steroid dienone is 2. The molecule has 1 aromatic rings. The summed E-state index contributed by atoms with van der Waals surface area (Å²) in [4.78, 5) is 42.6. The molecule has 0 radical (unpaired) electrons. The fourth-order valence-electron chi connectivity index (χ4n) is 5.10. The second kappa shape index (κ2) is 14.0. The normalized spacial score (nSPS) is 18.6. The summed E-state index contributed by atoms with van der Waals surface area (Å²) in [6.45, 7) is 10.9. The van der Waals surface area contributed by atoms with Crippen molar-refractivity contribution in [1.29, 1.82) is 0 Å². The molecule has 2 aliphatic heterocycles. The SMILES string of the molecule is CCOC(=O)C1=C(CC)N(CC)C(CC)=C(C(=O)OCCN2CCSCC2)C1c1cc([N+](=O)[O-])ccc1Cl. The standard InChI is InChI=1S/C27H36ClN3O6S/c1-5-21-24(26(32)36-8-4)23(19-17-18(31(34)35)9-10-20(19)28)25(22(6-2)30(21)7-3)27(33)37-14-11-29-12-15-38-16-13-29/h9-10,17,23H,5-8,11-16H2,1-4H3. The summed E-state index contributed by atoms with van der Waals surface area (Å²) >= 11 is 8.52. The Morgan fingerprint density at radius 3 is 2.18 bits per heavy atom. The predicted octanol–water partition coefficient (Wildman–Crippen LogP) is 5.15. The van der Waals surface area contributed by atoms with E-state index in [1.807, 2.05) is 37.4 Å². The van der Waals surface area contributed by atoms with Crippen LogP contribution in [0, 0.1) is 10.1 Å². The highest BCUT2D eigenvalue weighted by atomic mass is 35.5.